The van der Waals surface area contributed by atoms with E-state index >= 15 is 0 Å². The number of pyridine rings is 1. The molecule has 0 saturated heterocycles. The van der Waals surface area contributed by atoms with Crippen molar-refractivity contribution in [2.75, 3.05) is 25.1 Å². The van der Waals surface area contributed by atoms with E-state index in [1.165, 1.54) is 0 Å². The van der Waals surface area contributed by atoms with Crippen molar-refractivity contribution >= 4 is 23.2 Å². The molecule has 4 aromatic rings. The first-order chi connectivity index (χ1) is 16.6. The van der Waals surface area contributed by atoms with Crippen molar-refractivity contribution in [1.29, 1.82) is 0 Å². The zero-order valence-electron chi connectivity index (χ0n) is 18.2. The van der Waals surface area contributed by atoms with Gasteiger partial charge in [0.25, 0.3) is 5.91 Å². The summed E-state index contributed by atoms with van der Waals surface area (Å²) >= 11 is 5.86. The summed E-state index contributed by atoms with van der Waals surface area (Å²) in [4.78, 5) is 17.0. The number of nitrogens with one attached hydrogen (secondary N) is 1. The number of fused-ring (bicyclic) bond motifs is 1. The first-order valence-electron chi connectivity index (χ1n) is 10.8. The Hall–Kier alpha value is -4.03. The summed E-state index contributed by atoms with van der Waals surface area (Å²) in [5.41, 5.74) is 4.24. The number of ether oxygens (including phenoxy) is 3. The van der Waals surface area contributed by atoms with E-state index in [4.69, 9.17) is 30.8 Å². The Kier molecular flexibility index (Phi) is 6.31. The lowest BCUT2D eigenvalue weighted by Crippen LogP contribution is -2.20. The van der Waals surface area contributed by atoms with E-state index in [0.29, 0.717) is 29.7 Å². The highest BCUT2D eigenvalue weighted by Crippen LogP contribution is 2.34. The molecule has 0 bridgehead atoms. The fraction of sp³-hybridized carbons (Fsp3) is 0.111. The maximum Gasteiger partial charge on any atom is 0.262 e. The summed E-state index contributed by atoms with van der Waals surface area (Å²) in [6.45, 7) is 1.01. The lowest BCUT2D eigenvalue weighted by atomic mass is 10.1. The van der Waals surface area contributed by atoms with Gasteiger partial charge in [-0.2, -0.15) is 0 Å². The van der Waals surface area contributed by atoms with Crippen molar-refractivity contribution in [3.05, 3.63) is 90.0 Å². The molecule has 3 aromatic carbocycles. The molecule has 2 heterocycles. The molecular formula is C27H21ClN2O4. The third-order valence-electron chi connectivity index (χ3n) is 5.24. The number of benzene rings is 3. The molecule has 1 aliphatic heterocycles. The van der Waals surface area contributed by atoms with Crippen LogP contribution >= 0.6 is 11.6 Å². The maximum absolute atomic E-state index is 12.2. The average Bonchev–Trinajstić information content (AvgIpc) is 2.88. The fourth-order valence-corrected chi connectivity index (χ4v) is 3.69. The van der Waals surface area contributed by atoms with E-state index in [9.17, 15) is 4.79 Å². The minimum absolute atomic E-state index is 0.0947. The lowest BCUT2D eigenvalue weighted by Gasteiger charge is -2.18. The third kappa shape index (κ3) is 5.13. The number of nitrogens with zero attached hydrogens (tertiary/aromatic N) is 1. The second-order valence-electron chi connectivity index (χ2n) is 7.63. The molecule has 0 saturated carbocycles. The van der Waals surface area contributed by atoms with Crippen LogP contribution in [0, 0.1) is 0 Å². The van der Waals surface area contributed by atoms with Gasteiger partial charge >= 0.3 is 0 Å². The number of rotatable bonds is 6. The van der Waals surface area contributed by atoms with Gasteiger partial charge in [-0.1, -0.05) is 29.8 Å². The van der Waals surface area contributed by atoms with Crippen molar-refractivity contribution in [2.45, 2.75) is 0 Å². The smallest absolute Gasteiger partial charge is 0.262 e. The van der Waals surface area contributed by atoms with Crippen LogP contribution in [0.5, 0.6) is 17.2 Å². The van der Waals surface area contributed by atoms with Crippen LogP contribution in [0.4, 0.5) is 5.69 Å². The van der Waals surface area contributed by atoms with Crippen molar-refractivity contribution in [1.82, 2.24) is 4.98 Å². The summed E-state index contributed by atoms with van der Waals surface area (Å²) in [5, 5.41) is 3.45. The standard InChI is InChI=1S/C27H21ClN2O4/c28-20-7-11-22(12-8-20)34-17-27(31)29-21-9-4-18(5-10-21)23-2-1-3-24(30-23)19-6-13-25-26(16-19)33-15-14-32-25/h1-13,16H,14-15,17H2,(H,29,31). The molecule has 0 radical (unpaired) electrons. The highest BCUT2D eigenvalue weighted by Gasteiger charge is 2.13. The van der Waals surface area contributed by atoms with Crippen LogP contribution in [0.25, 0.3) is 22.5 Å². The number of anilines is 1. The van der Waals surface area contributed by atoms with Crippen LogP contribution in [0.2, 0.25) is 5.02 Å². The Labute approximate surface area is 202 Å². The van der Waals surface area contributed by atoms with Crippen LogP contribution in [-0.2, 0) is 4.79 Å². The molecule has 0 unspecified atom stereocenters. The minimum Gasteiger partial charge on any atom is -0.486 e. The predicted molar refractivity (Wildman–Crippen MR) is 132 cm³/mol. The SMILES string of the molecule is O=C(COc1ccc(Cl)cc1)Nc1ccc(-c2cccc(-c3ccc4c(c3)OCCO4)n2)cc1. The minimum atomic E-state index is -0.249. The molecule has 5 rings (SSSR count). The number of hydrogen-bond acceptors (Lipinski definition) is 5. The molecule has 0 fully saturated rings. The van der Waals surface area contributed by atoms with Crippen molar-refractivity contribution in [3.63, 3.8) is 0 Å². The molecule has 1 aliphatic rings. The van der Waals surface area contributed by atoms with Gasteiger partial charge in [0.05, 0.1) is 11.4 Å². The van der Waals surface area contributed by atoms with Gasteiger partial charge in [0.1, 0.15) is 19.0 Å². The van der Waals surface area contributed by atoms with Crippen LogP contribution in [0.3, 0.4) is 0 Å². The first kappa shape index (κ1) is 21.8. The van der Waals surface area contributed by atoms with E-state index in [1.807, 2.05) is 60.7 Å². The summed E-state index contributed by atoms with van der Waals surface area (Å²) in [5.74, 6) is 1.82. The predicted octanol–water partition coefficient (Wildman–Crippen LogP) is 5.86. The molecule has 1 amide bonds. The van der Waals surface area contributed by atoms with E-state index < -0.39 is 0 Å². The van der Waals surface area contributed by atoms with Gasteiger partial charge in [0.15, 0.2) is 18.1 Å². The van der Waals surface area contributed by atoms with Crippen LogP contribution in [0.1, 0.15) is 0 Å². The number of carbonyl (C=O) groups is 1. The number of carbonyl (C=O) groups excluding carboxylic acids is 1. The van der Waals surface area contributed by atoms with Crippen LogP contribution in [-0.4, -0.2) is 30.7 Å². The molecule has 170 valence electrons. The molecular weight excluding hydrogens is 452 g/mol. The molecule has 0 spiro atoms. The molecule has 34 heavy (non-hydrogen) atoms. The number of amides is 1. The first-order valence-corrected chi connectivity index (χ1v) is 11.2. The van der Waals surface area contributed by atoms with Crippen molar-refractivity contribution < 1.29 is 19.0 Å². The summed E-state index contributed by atoms with van der Waals surface area (Å²) in [6.07, 6.45) is 0. The molecule has 0 atom stereocenters. The largest absolute Gasteiger partial charge is 0.486 e. The summed E-state index contributed by atoms with van der Waals surface area (Å²) in [6, 6.07) is 26.1. The fourth-order valence-electron chi connectivity index (χ4n) is 3.56. The van der Waals surface area contributed by atoms with Gasteiger partial charge in [-0.25, -0.2) is 4.98 Å². The Morgan fingerprint density at radius 1 is 0.853 bits per heavy atom. The Morgan fingerprint density at radius 2 is 1.53 bits per heavy atom. The number of hydrogen-bond donors (Lipinski definition) is 1. The van der Waals surface area contributed by atoms with Crippen LogP contribution in [0.15, 0.2) is 84.9 Å². The molecule has 0 aliphatic carbocycles. The van der Waals surface area contributed by atoms with Gasteiger partial charge in [0, 0.05) is 21.8 Å². The third-order valence-corrected chi connectivity index (χ3v) is 5.49. The van der Waals surface area contributed by atoms with Crippen molar-refractivity contribution in [2.24, 2.45) is 0 Å². The highest BCUT2D eigenvalue weighted by atomic mass is 35.5. The lowest BCUT2D eigenvalue weighted by molar-refractivity contribution is -0.118. The van der Waals surface area contributed by atoms with Crippen LogP contribution < -0.4 is 19.5 Å². The second-order valence-corrected chi connectivity index (χ2v) is 8.07. The van der Waals surface area contributed by atoms with Gasteiger partial charge < -0.3 is 19.5 Å². The molecule has 6 nitrogen and oxygen atoms in total. The normalized spacial score (nSPS) is 12.1. The van der Waals surface area contributed by atoms with Gasteiger partial charge in [-0.15, -0.1) is 0 Å². The van der Waals surface area contributed by atoms with Gasteiger partial charge in [-0.3, -0.25) is 4.79 Å². The maximum atomic E-state index is 12.2. The van der Waals surface area contributed by atoms with E-state index in [-0.39, 0.29) is 12.5 Å². The average molecular weight is 473 g/mol. The second kappa shape index (κ2) is 9.85. The van der Waals surface area contributed by atoms with Crippen molar-refractivity contribution in [3.8, 4) is 39.8 Å². The zero-order valence-corrected chi connectivity index (χ0v) is 18.9. The monoisotopic (exact) mass is 472 g/mol. The summed E-state index contributed by atoms with van der Waals surface area (Å²) < 4.78 is 16.8. The Morgan fingerprint density at radius 3 is 2.29 bits per heavy atom. The van der Waals surface area contributed by atoms with Gasteiger partial charge in [0.2, 0.25) is 0 Å². The molecule has 1 aromatic heterocycles. The topological polar surface area (TPSA) is 69.7 Å². The zero-order chi connectivity index (χ0) is 23.3. The number of halogens is 1. The van der Waals surface area contributed by atoms with E-state index in [2.05, 4.69) is 5.32 Å². The Bertz CT molecular complexity index is 1310. The quantitative estimate of drug-likeness (QED) is 0.380. The molecule has 1 N–H and O–H groups in total. The highest BCUT2D eigenvalue weighted by molar-refractivity contribution is 6.30. The summed E-state index contributed by atoms with van der Waals surface area (Å²) in [7, 11) is 0. The van der Waals surface area contributed by atoms with Gasteiger partial charge in [-0.05, 0) is 66.7 Å². The molecule has 7 heteroatoms. The number of aromatic nitrogens is 1. The van der Waals surface area contributed by atoms with E-state index in [1.54, 1.807) is 24.3 Å². The Balaban J connectivity index is 1.24. The van der Waals surface area contributed by atoms with E-state index in [0.717, 1.165) is 34.0 Å².